The first-order valence-electron chi connectivity index (χ1n) is 3.76. The number of hydrogen-bond acceptors (Lipinski definition) is 2. The van der Waals surface area contributed by atoms with E-state index in [0.717, 1.165) is 6.54 Å². The van der Waals surface area contributed by atoms with Crippen molar-refractivity contribution in [3.05, 3.63) is 11.8 Å². The molecule has 10 heavy (non-hydrogen) atoms. The first-order chi connectivity index (χ1) is 4.66. The van der Waals surface area contributed by atoms with E-state index in [2.05, 4.69) is 19.2 Å². The molecule has 0 aliphatic heterocycles. The number of nitrogens with two attached hydrogens (primary N) is 1. The molecule has 0 aliphatic carbocycles. The fourth-order valence-electron chi connectivity index (χ4n) is 0.528. The highest BCUT2D eigenvalue weighted by molar-refractivity contribution is 4.97. The highest BCUT2D eigenvalue weighted by atomic mass is 14.8. The minimum Gasteiger partial charge on any atom is -0.391 e. The molecular formula is C8H18N2. The summed E-state index contributed by atoms with van der Waals surface area (Å²) in [6, 6.07) is 0. The van der Waals surface area contributed by atoms with Crippen molar-refractivity contribution < 1.29 is 0 Å². The summed E-state index contributed by atoms with van der Waals surface area (Å²) in [7, 11) is 0. The second-order valence-electron chi connectivity index (χ2n) is 3.00. The van der Waals surface area contributed by atoms with Crippen molar-refractivity contribution in [1.29, 1.82) is 0 Å². The SMILES string of the molecule is C/C(=C/NCC(C)C)CN. The molecule has 0 rings (SSSR count). The normalized spacial score (nSPS) is 12.3. The third kappa shape index (κ3) is 5.63. The Morgan fingerprint density at radius 1 is 1.60 bits per heavy atom. The third-order valence-electron chi connectivity index (χ3n) is 1.20. The lowest BCUT2D eigenvalue weighted by Crippen LogP contribution is -2.14. The van der Waals surface area contributed by atoms with Crippen LogP contribution in [0.1, 0.15) is 20.8 Å². The van der Waals surface area contributed by atoms with Gasteiger partial charge in [-0.3, -0.25) is 0 Å². The van der Waals surface area contributed by atoms with Crippen molar-refractivity contribution in [2.45, 2.75) is 20.8 Å². The van der Waals surface area contributed by atoms with Crippen LogP contribution >= 0.6 is 0 Å². The molecule has 0 fully saturated rings. The minimum atomic E-state index is 0.644. The molecular weight excluding hydrogens is 124 g/mol. The number of hydrogen-bond donors (Lipinski definition) is 2. The van der Waals surface area contributed by atoms with Crippen LogP contribution in [0.2, 0.25) is 0 Å². The number of rotatable bonds is 4. The van der Waals surface area contributed by atoms with E-state index in [4.69, 9.17) is 5.73 Å². The van der Waals surface area contributed by atoms with E-state index in [1.54, 1.807) is 0 Å². The van der Waals surface area contributed by atoms with Crippen molar-refractivity contribution in [1.82, 2.24) is 5.32 Å². The maximum atomic E-state index is 5.38. The molecule has 0 saturated carbocycles. The van der Waals surface area contributed by atoms with Gasteiger partial charge in [-0.15, -0.1) is 0 Å². The Morgan fingerprint density at radius 2 is 2.20 bits per heavy atom. The first kappa shape index (κ1) is 9.50. The van der Waals surface area contributed by atoms with Gasteiger partial charge in [0.2, 0.25) is 0 Å². The lowest BCUT2D eigenvalue weighted by Gasteiger charge is -2.04. The largest absolute Gasteiger partial charge is 0.391 e. The Kier molecular flexibility index (Phi) is 5.03. The van der Waals surface area contributed by atoms with E-state index in [1.807, 2.05) is 13.1 Å². The van der Waals surface area contributed by atoms with Crippen LogP contribution in [0, 0.1) is 5.92 Å². The van der Waals surface area contributed by atoms with Crippen LogP contribution in [0.25, 0.3) is 0 Å². The van der Waals surface area contributed by atoms with Crippen molar-refractivity contribution in [3.63, 3.8) is 0 Å². The summed E-state index contributed by atoms with van der Waals surface area (Å²) in [5.74, 6) is 0.696. The summed E-state index contributed by atoms with van der Waals surface area (Å²) < 4.78 is 0. The van der Waals surface area contributed by atoms with Crippen molar-refractivity contribution in [2.75, 3.05) is 13.1 Å². The molecule has 0 aromatic carbocycles. The summed E-state index contributed by atoms with van der Waals surface area (Å²) in [6.07, 6.45) is 1.99. The predicted octanol–water partition coefficient (Wildman–Crippen LogP) is 1.09. The van der Waals surface area contributed by atoms with Gasteiger partial charge in [0.25, 0.3) is 0 Å². The first-order valence-corrected chi connectivity index (χ1v) is 3.76. The molecule has 0 saturated heterocycles. The molecule has 0 heterocycles. The van der Waals surface area contributed by atoms with Gasteiger partial charge in [-0.05, 0) is 24.6 Å². The highest BCUT2D eigenvalue weighted by Crippen LogP contribution is 1.89. The predicted molar refractivity (Wildman–Crippen MR) is 45.7 cm³/mol. The van der Waals surface area contributed by atoms with Gasteiger partial charge in [0.1, 0.15) is 0 Å². The summed E-state index contributed by atoms with van der Waals surface area (Å²) in [4.78, 5) is 0. The van der Waals surface area contributed by atoms with E-state index >= 15 is 0 Å². The molecule has 0 aliphatic rings. The van der Waals surface area contributed by atoms with E-state index in [9.17, 15) is 0 Å². The van der Waals surface area contributed by atoms with Gasteiger partial charge in [-0.2, -0.15) is 0 Å². The fourth-order valence-corrected chi connectivity index (χ4v) is 0.528. The summed E-state index contributed by atoms with van der Waals surface area (Å²) in [5.41, 5.74) is 6.58. The maximum absolute atomic E-state index is 5.38. The van der Waals surface area contributed by atoms with E-state index in [0.29, 0.717) is 12.5 Å². The molecule has 0 spiro atoms. The smallest absolute Gasteiger partial charge is 0.0164 e. The van der Waals surface area contributed by atoms with Crippen LogP contribution in [0.4, 0.5) is 0 Å². The Morgan fingerprint density at radius 3 is 2.60 bits per heavy atom. The van der Waals surface area contributed by atoms with E-state index < -0.39 is 0 Å². The van der Waals surface area contributed by atoms with Gasteiger partial charge in [-0.25, -0.2) is 0 Å². The summed E-state index contributed by atoms with van der Waals surface area (Å²) in [5, 5.41) is 3.19. The van der Waals surface area contributed by atoms with Crippen LogP contribution in [-0.2, 0) is 0 Å². The molecule has 0 unspecified atom stereocenters. The lowest BCUT2D eigenvalue weighted by molar-refractivity contribution is 0.609. The van der Waals surface area contributed by atoms with Gasteiger partial charge in [0.15, 0.2) is 0 Å². The van der Waals surface area contributed by atoms with Crippen LogP contribution in [0.3, 0.4) is 0 Å². The Labute approximate surface area is 63.5 Å². The average molecular weight is 142 g/mol. The lowest BCUT2D eigenvalue weighted by atomic mass is 10.2. The molecule has 0 atom stereocenters. The fraction of sp³-hybridized carbons (Fsp3) is 0.750. The van der Waals surface area contributed by atoms with Crippen molar-refractivity contribution >= 4 is 0 Å². The number of nitrogens with one attached hydrogen (secondary N) is 1. The molecule has 2 nitrogen and oxygen atoms in total. The van der Waals surface area contributed by atoms with Crippen LogP contribution in [-0.4, -0.2) is 13.1 Å². The van der Waals surface area contributed by atoms with Gasteiger partial charge >= 0.3 is 0 Å². The minimum absolute atomic E-state index is 0.644. The maximum Gasteiger partial charge on any atom is 0.0164 e. The Balaban J connectivity index is 3.34. The molecule has 0 amide bonds. The highest BCUT2D eigenvalue weighted by Gasteiger charge is 1.88. The zero-order valence-corrected chi connectivity index (χ0v) is 7.15. The van der Waals surface area contributed by atoms with Gasteiger partial charge in [0, 0.05) is 13.1 Å². The average Bonchev–Trinajstić information content (AvgIpc) is 1.87. The van der Waals surface area contributed by atoms with Gasteiger partial charge in [0.05, 0.1) is 0 Å². The second-order valence-corrected chi connectivity index (χ2v) is 3.00. The second kappa shape index (κ2) is 5.30. The third-order valence-corrected chi connectivity index (χ3v) is 1.20. The zero-order valence-electron chi connectivity index (χ0n) is 7.15. The molecule has 0 radical (unpaired) electrons. The zero-order chi connectivity index (χ0) is 7.98. The Hall–Kier alpha value is -0.500. The molecule has 0 aromatic rings. The topological polar surface area (TPSA) is 38.0 Å². The molecule has 60 valence electrons. The standard InChI is InChI=1S/C8H18N2/c1-7(2)5-10-6-8(3)4-9/h6-7,10H,4-5,9H2,1-3H3/b8-6-. The van der Waals surface area contributed by atoms with Crippen molar-refractivity contribution in [3.8, 4) is 0 Å². The molecule has 0 aromatic heterocycles. The van der Waals surface area contributed by atoms with Crippen molar-refractivity contribution in [2.24, 2.45) is 11.7 Å². The van der Waals surface area contributed by atoms with E-state index in [1.165, 1.54) is 5.57 Å². The van der Waals surface area contributed by atoms with Gasteiger partial charge < -0.3 is 11.1 Å². The molecule has 3 N–H and O–H groups in total. The summed E-state index contributed by atoms with van der Waals surface area (Å²) >= 11 is 0. The van der Waals surface area contributed by atoms with Crippen LogP contribution in [0.15, 0.2) is 11.8 Å². The quantitative estimate of drug-likeness (QED) is 0.616. The Bertz CT molecular complexity index is 106. The molecule has 2 heteroatoms. The van der Waals surface area contributed by atoms with Crippen LogP contribution in [0.5, 0.6) is 0 Å². The summed E-state index contributed by atoms with van der Waals surface area (Å²) in [6.45, 7) is 8.05. The van der Waals surface area contributed by atoms with Gasteiger partial charge in [-0.1, -0.05) is 13.8 Å². The molecule has 0 bridgehead atoms. The van der Waals surface area contributed by atoms with Crippen LogP contribution < -0.4 is 11.1 Å². The monoisotopic (exact) mass is 142 g/mol. The van der Waals surface area contributed by atoms with E-state index in [-0.39, 0.29) is 0 Å².